The second kappa shape index (κ2) is 6.46. The zero-order chi connectivity index (χ0) is 17.3. The number of hydrogen-bond acceptors (Lipinski definition) is 2. The number of rotatable bonds is 3. The summed E-state index contributed by atoms with van der Waals surface area (Å²) in [6, 6.07) is 12.4. The van der Waals surface area contributed by atoms with E-state index in [2.05, 4.69) is 27.7 Å². The molecule has 3 nitrogen and oxygen atoms in total. The van der Waals surface area contributed by atoms with Gasteiger partial charge in [0, 0.05) is 5.56 Å². The van der Waals surface area contributed by atoms with Gasteiger partial charge in [0.25, 0.3) is 0 Å². The molecule has 1 aromatic heterocycles. The van der Waals surface area contributed by atoms with E-state index in [0.717, 1.165) is 32.7 Å². The van der Waals surface area contributed by atoms with Gasteiger partial charge in [0.15, 0.2) is 0 Å². The summed E-state index contributed by atoms with van der Waals surface area (Å²) in [6.07, 6.45) is -2.67. The molecule has 0 spiro atoms. The maximum absolute atomic E-state index is 12.7. The van der Waals surface area contributed by atoms with Crippen LogP contribution in [0.3, 0.4) is 0 Å². The monoisotopic (exact) mass is 444 g/mol. The third-order valence-corrected chi connectivity index (χ3v) is 4.32. The average Bonchev–Trinajstić information content (AvgIpc) is 2.96. The minimum absolute atomic E-state index is 0.566. The molecule has 24 heavy (non-hydrogen) atoms. The van der Waals surface area contributed by atoms with Gasteiger partial charge in [-0.15, -0.1) is 0 Å². The second-order valence-electron chi connectivity index (χ2n) is 5.03. The van der Waals surface area contributed by atoms with Crippen molar-refractivity contribution in [3.63, 3.8) is 0 Å². The summed E-state index contributed by atoms with van der Waals surface area (Å²) in [5, 5.41) is 4.29. The Morgan fingerprint density at radius 3 is 2.17 bits per heavy atom. The van der Waals surface area contributed by atoms with Crippen molar-refractivity contribution < 1.29 is 17.9 Å². The number of hydrogen-bond donors (Lipinski definition) is 0. The molecule has 7 heteroatoms. The zero-order valence-corrected chi connectivity index (χ0v) is 14.7. The maximum Gasteiger partial charge on any atom is 0.416 e. The first kappa shape index (κ1) is 16.8. The van der Waals surface area contributed by atoms with Gasteiger partial charge < -0.3 is 4.74 Å². The molecule has 3 rings (SSSR count). The lowest BCUT2D eigenvalue weighted by atomic mass is 10.1. The van der Waals surface area contributed by atoms with Gasteiger partial charge in [-0.3, -0.25) is 0 Å². The Kier molecular flexibility index (Phi) is 4.53. The van der Waals surface area contributed by atoms with E-state index in [-0.39, 0.29) is 0 Å². The van der Waals surface area contributed by atoms with E-state index in [0.29, 0.717) is 5.69 Å². The van der Waals surface area contributed by atoms with Crippen LogP contribution in [-0.2, 0) is 6.18 Å². The van der Waals surface area contributed by atoms with Crippen LogP contribution in [-0.4, -0.2) is 16.9 Å². The molecule has 1 heterocycles. The Morgan fingerprint density at radius 1 is 1.00 bits per heavy atom. The van der Waals surface area contributed by atoms with Gasteiger partial charge in [0.1, 0.15) is 5.75 Å². The molecular weight excluding hydrogens is 432 g/mol. The van der Waals surface area contributed by atoms with Crippen molar-refractivity contribution in [3.05, 3.63) is 63.9 Å². The molecule has 0 bridgehead atoms. The molecule has 124 valence electrons. The van der Waals surface area contributed by atoms with Crippen LogP contribution in [0, 0.1) is 3.57 Å². The van der Waals surface area contributed by atoms with Gasteiger partial charge in [-0.25, -0.2) is 4.68 Å². The smallest absolute Gasteiger partial charge is 0.416 e. The summed E-state index contributed by atoms with van der Waals surface area (Å²) < 4.78 is 45.8. The van der Waals surface area contributed by atoms with Crippen LogP contribution in [0.15, 0.2) is 54.7 Å². The van der Waals surface area contributed by atoms with Gasteiger partial charge >= 0.3 is 6.18 Å². The molecule has 3 aromatic rings. The van der Waals surface area contributed by atoms with Crippen molar-refractivity contribution >= 4 is 22.6 Å². The molecule has 0 saturated heterocycles. The highest BCUT2D eigenvalue weighted by atomic mass is 127. The lowest BCUT2D eigenvalue weighted by molar-refractivity contribution is -0.137. The lowest BCUT2D eigenvalue weighted by Crippen LogP contribution is -2.06. The highest BCUT2D eigenvalue weighted by Crippen LogP contribution is 2.32. The Balaban J connectivity index is 2.03. The van der Waals surface area contributed by atoms with E-state index in [1.54, 1.807) is 18.0 Å². The van der Waals surface area contributed by atoms with E-state index in [9.17, 15) is 13.2 Å². The average molecular weight is 444 g/mol. The molecule has 0 amide bonds. The van der Waals surface area contributed by atoms with Crippen LogP contribution in [0.2, 0.25) is 0 Å². The van der Waals surface area contributed by atoms with E-state index in [4.69, 9.17) is 4.74 Å². The number of halogens is 4. The number of aromatic nitrogens is 2. The SMILES string of the molecule is COc1ccc(-c2c(I)cnn2-c2ccc(C(F)(F)F)cc2)cc1. The third-order valence-electron chi connectivity index (χ3n) is 3.53. The molecule has 0 saturated carbocycles. The van der Waals surface area contributed by atoms with Crippen molar-refractivity contribution in [2.45, 2.75) is 6.18 Å². The first-order chi connectivity index (χ1) is 11.4. The molecule has 0 atom stereocenters. The zero-order valence-electron chi connectivity index (χ0n) is 12.5. The van der Waals surface area contributed by atoms with Gasteiger partial charge in [-0.05, 0) is 71.1 Å². The Bertz CT molecular complexity index is 840. The predicted octanol–water partition coefficient (Wildman–Crippen LogP) is 5.17. The number of benzene rings is 2. The molecule has 0 aliphatic carbocycles. The summed E-state index contributed by atoms with van der Waals surface area (Å²) in [7, 11) is 1.59. The fourth-order valence-electron chi connectivity index (χ4n) is 2.32. The summed E-state index contributed by atoms with van der Waals surface area (Å²) in [5.74, 6) is 0.731. The maximum atomic E-state index is 12.7. The van der Waals surface area contributed by atoms with Crippen LogP contribution in [0.1, 0.15) is 5.56 Å². The quantitative estimate of drug-likeness (QED) is 0.522. The van der Waals surface area contributed by atoms with Crippen molar-refractivity contribution in [2.75, 3.05) is 7.11 Å². The molecular formula is C17H12F3IN2O. The Hall–Kier alpha value is -2.03. The van der Waals surface area contributed by atoms with E-state index >= 15 is 0 Å². The molecule has 0 fully saturated rings. The van der Waals surface area contributed by atoms with Crippen LogP contribution in [0.5, 0.6) is 5.75 Å². The van der Waals surface area contributed by atoms with Crippen molar-refractivity contribution in [2.24, 2.45) is 0 Å². The first-order valence-electron chi connectivity index (χ1n) is 6.96. The minimum atomic E-state index is -4.35. The van der Waals surface area contributed by atoms with Gasteiger partial charge in [-0.2, -0.15) is 18.3 Å². The molecule has 0 aliphatic rings. The van der Waals surface area contributed by atoms with E-state index < -0.39 is 11.7 Å². The molecule has 0 radical (unpaired) electrons. The first-order valence-corrected chi connectivity index (χ1v) is 8.03. The number of methoxy groups -OCH3 is 1. The van der Waals surface area contributed by atoms with Crippen LogP contribution < -0.4 is 4.74 Å². The van der Waals surface area contributed by atoms with Gasteiger partial charge in [-0.1, -0.05) is 0 Å². The van der Waals surface area contributed by atoms with E-state index in [1.165, 1.54) is 12.1 Å². The predicted molar refractivity (Wildman–Crippen MR) is 93.3 cm³/mol. The second-order valence-corrected chi connectivity index (χ2v) is 6.19. The van der Waals surface area contributed by atoms with Crippen molar-refractivity contribution in [1.82, 2.24) is 9.78 Å². The lowest BCUT2D eigenvalue weighted by Gasteiger charge is -2.11. The standard InChI is InChI=1S/C17H12F3IN2O/c1-24-14-8-2-11(3-9-14)16-15(21)10-22-23(16)13-6-4-12(5-7-13)17(18,19)20/h2-10H,1H3. The van der Waals surface area contributed by atoms with Crippen LogP contribution in [0.25, 0.3) is 16.9 Å². The fourth-order valence-corrected chi connectivity index (χ4v) is 2.99. The highest BCUT2D eigenvalue weighted by molar-refractivity contribution is 14.1. The Morgan fingerprint density at radius 2 is 1.62 bits per heavy atom. The highest BCUT2D eigenvalue weighted by Gasteiger charge is 2.30. The molecule has 2 aromatic carbocycles. The summed E-state index contributed by atoms with van der Waals surface area (Å²) >= 11 is 2.15. The third kappa shape index (κ3) is 3.26. The fraction of sp³-hybridized carbons (Fsp3) is 0.118. The van der Waals surface area contributed by atoms with E-state index in [1.807, 2.05) is 24.3 Å². The minimum Gasteiger partial charge on any atom is -0.497 e. The van der Waals surface area contributed by atoms with Gasteiger partial charge in [0.05, 0.1) is 33.8 Å². The summed E-state index contributed by atoms with van der Waals surface area (Å²) in [4.78, 5) is 0. The number of alkyl halides is 3. The van der Waals surface area contributed by atoms with Gasteiger partial charge in [0.2, 0.25) is 0 Å². The largest absolute Gasteiger partial charge is 0.497 e. The molecule has 0 N–H and O–H groups in total. The number of nitrogens with zero attached hydrogens (tertiary/aromatic N) is 2. The van der Waals surface area contributed by atoms with Crippen molar-refractivity contribution in [1.29, 1.82) is 0 Å². The molecule has 0 aliphatic heterocycles. The molecule has 0 unspecified atom stereocenters. The Labute approximate surface area is 150 Å². The number of ether oxygens (including phenoxy) is 1. The summed E-state index contributed by atoms with van der Waals surface area (Å²) in [5.41, 5.74) is 1.60. The van der Waals surface area contributed by atoms with Crippen LogP contribution >= 0.6 is 22.6 Å². The topological polar surface area (TPSA) is 27.1 Å². The van der Waals surface area contributed by atoms with Crippen molar-refractivity contribution in [3.8, 4) is 22.7 Å². The normalized spacial score (nSPS) is 11.5. The summed E-state index contributed by atoms with van der Waals surface area (Å²) in [6.45, 7) is 0. The van der Waals surface area contributed by atoms with Crippen LogP contribution in [0.4, 0.5) is 13.2 Å².